The van der Waals surface area contributed by atoms with Gasteiger partial charge in [-0.15, -0.1) is 11.6 Å². The van der Waals surface area contributed by atoms with Crippen molar-refractivity contribution >= 4 is 22.4 Å². The molecule has 0 heterocycles. The first-order valence-electron chi connectivity index (χ1n) is 7.83. The van der Waals surface area contributed by atoms with E-state index in [0.717, 1.165) is 17.7 Å². The second-order valence-electron chi connectivity index (χ2n) is 6.89. The second kappa shape index (κ2) is 4.77. The molecular formula is C19H21Cl. The standard InChI is InChI=1S/C19H21Cl/c20-13-19(11-14-8-9-17(19)10-14)12-16-6-3-5-15-4-1-2-7-18(15)16/h1-7,14,17H,8-13H2. The van der Waals surface area contributed by atoms with Gasteiger partial charge in [0, 0.05) is 5.88 Å². The molecule has 2 aliphatic rings. The van der Waals surface area contributed by atoms with Crippen LogP contribution in [0.1, 0.15) is 31.2 Å². The van der Waals surface area contributed by atoms with Crippen molar-refractivity contribution in [1.82, 2.24) is 0 Å². The first-order chi connectivity index (χ1) is 9.81. The predicted molar refractivity (Wildman–Crippen MR) is 86.3 cm³/mol. The zero-order valence-electron chi connectivity index (χ0n) is 11.8. The molecule has 0 amide bonds. The molecule has 3 unspecified atom stereocenters. The summed E-state index contributed by atoms with van der Waals surface area (Å²) in [5.41, 5.74) is 1.87. The van der Waals surface area contributed by atoms with Gasteiger partial charge in [0.25, 0.3) is 0 Å². The number of hydrogen-bond acceptors (Lipinski definition) is 0. The first kappa shape index (κ1) is 12.7. The van der Waals surface area contributed by atoms with E-state index >= 15 is 0 Å². The minimum Gasteiger partial charge on any atom is -0.126 e. The maximum absolute atomic E-state index is 6.46. The van der Waals surface area contributed by atoms with E-state index in [9.17, 15) is 0 Å². The normalized spacial score (nSPS) is 32.0. The molecule has 0 nitrogen and oxygen atoms in total. The van der Waals surface area contributed by atoms with E-state index in [1.807, 2.05) is 0 Å². The number of fused-ring (bicyclic) bond motifs is 3. The van der Waals surface area contributed by atoms with Crippen molar-refractivity contribution in [2.75, 3.05) is 5.88 Å². The molecule has 104 valence electrons. The molecule has 0 aliphatic heterocycles. The Morgan fingerprint density at radius 2 is 1.90 bits per heavy atom. The van der Waals surface area contributed by atoms with Crippen LogP contribution in [0.25, 0.3) is 10.8 Å². The molecule has 20 heavy (non-hydrogen) atoms. The van der Waals surface area contributed by atoms with Gasteiger partial charge >= 0.3 is 0 Å². The van der Waals surface area contributed by atoms with E-state index in [-0.39, 0.29) is 0 Å². The van der Waals surface area contributed by atoms with Crippen LogP contribution < -0.4 is 0 Å². The maximum atomic E-state index is 6.46. The van der Waals surface area contributed by atoms with Crippen LogP contribution in [-0.2, 0) is 6.42 Å². The zero-order valence-corrected chi connectivity index (χ0v) is 12.6. The fourth-order valence-electron chi connectivity index (χ4n) is 4.81. The summed E-state index contributed by atoms with van der Waals surface area (Å²) < 4.78 is 0. The van der Waals surface area contributed by atoms with Crippen molar-refractivity contribution in [3.8, 4) is 0 Å². The fraction of sp³-hybridized carbons (Fsp3) is 0.474. The van der Waals surface area contributed by atoms with Gasteiger partial charge in [-0.2, -0.15) is 0 Å². The lowest BCUT2D eigenvalue weighted by Gasteiger charge is -2.36. The van der Waals surface area contributed by atoms with E-state index < -0.39 is 0 Å². The molecule has 2 saturated carbocycles. The Hall–Kier alpha value is -1.01. The molecule has 0 N–H and O–H groups in total. The van der Waals surface area contributed by atoms with Gasteiger partial charge in [-0.05, 0) is 59.3 Å². The number of hydrogen-bond donors (Lipinski definition) is 0. The number of benzene rings is 2. The highest BCUT2D eigenvalue weighted by Gasteiger charge is 2.50. The number of halogens is 1. The summed E-state index contributed by atoms with van der Waals surface area (Å²) in [6, 6.07) is 15.5. The van der Waals surface area contributed by atoms with E-state index in [4.69, 9.17) is 11.6 Å². The van der Waals surface area contributed by atoms with Crippen molar-refractivity contribution in [1.29, 1.82) is 0 Å². The molecule has 2 bridgehead atoms. The molecule has 2 aliphatic carbocycles. The van der Waals surface area contributed by atoms with Crippen molar-refractivity contribution in [2.45, 2.75) is 32.1 Å². The molecule has 2 aromatic rings. The van der Waals surface area contributed by atoms with Gasteiger partial charge in [0.15, 0.2) is 0 Å². The third-order valence-corrected chi connectivity index (χ3v) is 6.32. The lowest BCUT2D eigenvalue weighted by atomic mass is 9.70. The third-order valence-electron chi connectivity index (χ3n) is 5.79. The average molecular weight is 285 g/mol. The van der Waals surface area contributed by atoms with E-state index in [1.165, 1.54) is 48.4 Å². The first-order valence-corrected chi connectivity index (χ1v) is 8.37. The molecule has 0 radical (unpaired) electrons. The summed E-state index contributed by atoms with van der Waals surface area (Å²) in [6.45, 7) is 0. The number of rotatable bonds is 3. The number of alkyl halides is 1. The molecule has 3 atom stereocenters. The Morgan fingerprint density at radius 1 is 1.05 bits per heavy atom. The van der Waals surface area contributed by atoms with E-state index in [0.29, 0.717) is 5.41 Å². The Kier molecular flexibility index (Phi) is 3.03. The highest BCUT2D eigenvalue weighted by molar-refractivity contribution is 6.18. The molecule has 0 saturated heterocycles. The highest BCUT2D eigenvalue weighted by atomic mass is 35.5. The Balaban J connectivity index is 1.73. The van der Waals surface area contributed by atoms with Crippen molar-refractivity contribution in [3.63, 3.8) is 0 Å². The second-order valence-corrected chi connectivity index (χ2v) is 7.16. The summed E-state index contributed by atoms with van der Waals surface area (Å²) in [7, 11) is 0. The third kappa shape index (κ3) is 1.89. The molecule has 0 spiro atoms. The topological polar surface area (TPSA) is 0 Å². The minimum absolute atomic E-state index is 0.370. The van der Waals surface area contributed by atoms with Gasteiger partial charge in [-0.1, -0.05) is 48.9 Å². The quantitative estimate of drug-likeness (QED) is 0.660. The van der Waals surface area contributed by atoms with Crippen molar-refractivity contribution < 1.29 is 0 Å². The van der Waals surface area contributed by atoms with Gasteiger partial charge in [0.2, 0.25) is 0 Å². The van der Waals surface area contributed by atoms with Crippen LogP contribution in [-0.4, -0.2) is 5.88 Å². The van der Waals surface area contributed by atoms with Crippen molar-refractivity contribution in [2.24, 2.45) is 17.3 Å². The average Bonchev–Trinajstić information content (AvgIpc) is 3.09. The van der Waals surface area contributed by atoms with Gasteiger partial charge in [0.05, 0.1) is 0 Å². The van der Waals surface area contributed by atoms with Crippen LogP contribution in [0, 0.1) is 17.3 Å². The lowest BCUT2D eigenvalue weighted by Crippen LogP contribution is -2.32. The molecule has 1 heteroatoms. The van der Waals surface area contributed by atoms with Crippen LogP contribution in [0.5, 0.6) is 0 Å². The van der Waals surface area contributed by atoms with E-state index in [2.05, 4.69) is 42.5 Å². The zero-order chi connectivity index (χ0) is 13.6. The fourth-order valence-corrected chi connectivity index (χ4v) is 5.23. The highest BCUT2D eigenvalue weighted by Crippen LogP contribution is 2.58. The van der Waals surface area contributed by atoms with Gasteiger partial charge in [-0.25, -0.2) is 0 Å². The Bertz CT molecular complexity index is 627. The van der Waals surface area contributed by atoms with Crippen LogP contribution >= 0.6 is 11.6 Å². The minimum atomic E-state index is 0.370. The van der Waals surface area contributed by atoms with Gasteiger partial charge < -0.3 is 0 Å². The largest absolute Gasteiger partial charge is 0.126 e. The molecule has 2 fully saturated rings. The molecular weight excluding hydrogens is 264 g/mol. The molecule has 4 rings (SSSR count). The summed E-state index contributed by atoms with van der Waals surface area (Å²) >= 11 is 6.46. The monoisotopic (exact) mass is 284 g/mol. The smallest absolute Gasteiger partial charge is 0.0285 e. The summed E-state index contributed by atoms with van der Waals surface area (Å²) in [5.74, 6) is 2.65. The van der Waals surface area contributed by atoms with E-state index in [1.54, 1.807) is 0 Å². The summed E-state index contributed by atoms with van der Waals surface area (Å²) in [4.78, 5) is 0. The summed E-state index contributed by atoms with van der Waals surface area (Å²) in [6.07, 6.45) is 6.79. The maximum Gasteiger partial charge on any atom is 0.0285 e. The molecule has 0 aromatic heterocycles. The van der Waals surface area contributed by atoms with Crippen LogP contribution in [0.2, 0.25) is 0 Å². The predicted octanol–water partition coefficient (Wildman–Crippen LogP) is 5.43. The summed E-state index contributed by atoms with van der Waals surface area (Å²) in [5, 5.41) is 2.78. The molecule has 2 aromatic carbocycles. The van der Waals surface area contributed by atoms with Gasteiger partial charge in [0.1, 0.15) is 0 Å². The van der Waals surface area contributed by atoms with Crippen LogP contribution in [0.3, 0.4) is 0 Å². The lowest BCUT2D eigenvalue weighted by molar-refractivity contribution is 0.193. The van der Waals surface area contributed by atoms with Gasteiger partial charge in [-0.3, -0.25) is 0 Å². The van der Waals surface area contributed by atoms with Crippen LogP contribution in [0.4, 0.5) is 0 Å². The Morgan fingerprint density at radius 3 is 2.65 bits per heavy atom. The Labute approximate surface area is 126 Å². The van der Waals surface area contributed by atoms with Crippen LogP contribution in [0.15, 0.2) is 42.5 Å². The van der Waals surface area contributed by atoms with Crippen molar-refractivity contribution in [3.05, 3.63) is 48.0 Å². The SMILES string of the molecule is ClCC1(Cc2cccc3ccccc23)CC2CCC1C2.